The van der Waals surface area contributed by atoms with E-state index in [0.717, 1.165) is 17.0 Å². The van der Waals surface area contributed by atoms with Crippen molar-refractivity contribution in [2.45, 2.75) is 19.1 Å². The molecule has 30 heavy (non-hydrogen) atoms. The summed E-state index contributed by atoms with van der Waals surface area (Å²) < 4.78 is 39.7. The van der Waals surface area contributed by atoms with Crippen molar-refractivity contribution in [2.24, 2.45) is 7.05 Å². The van der Waals surface area contributed by atoms with E-state index >= 15 is 0 Å². The van der Waals surface area contributed by atoms with Crippen LogP contribution < -0.4 is 11.1 Å². The van der Waals surface area contributed by atoms with E-state index in [2.05, 4.69) is 15.4 Å². The van der Waals surface area contributed by atoms with Crippen LogP contribution in [0.15, 0.2) is 36.7 Å². The van der Waals surface area contributed by atoms with E-state index in [9.17, 15) is 22.8 Å². The van der Waals surface area contributed by atoms with Crippen LogP contribution in [0.25, 0.3) is 10.9 Å². The van der Waals surface area contributed by atoms with Gasteiger partial charge in [-0.1, -0.05) is 12.1 Å². The highest BCUT2D eigenvalue weighted by molar-refractivity contribution is 6.40. The van der Waals surface area contributed by atoms with E-state index in [1.54, 1.807) is 14.0 Å². The van der Waals surface area contributed by atoms with Crippen molar-refractivity contribution in [3.8, 4) is 0 Å². The van der Waals surface area contributed by atoms with Crippen LogP contribution in [0.3, 0.4) is 0 Å². The number of nitrogen functional groups attached to an aromatic ring is 1. The summed E-state index contributed by atoms with van der Waals surface area (Å²) in [5, 5.41) is 7.08. The number of amides is 2. The molecule has 2 heterocycles. The predicted octanol–water partition coefficient (Wildman–Crippen LogP) is 2.73. The number of aromatic nitrogens is 3. The number of hydrogen-bond acceptors (Lipinski definition) is 5. The van der Waals surface area contributed by atoms with Crippen molar-refractivity contribution in [3.05, 3.63) is 47.8 Å². The third kappa shape index (κ3) is 3.91. The molecule has 0 bridgehead atoms. The van der Waals surface area contributed by atoms with Gasteiger partial charge < -0.3 is 16.0 Å². The molecular formula is C19H19F3N6O2. The molecule has 158 valence electrons. The summed E-state index contributed by atoms with van der Waals surface area (Å²) in [4.78, 5) is 30.2. The molecule has 0 unspecified atom stereocenters. The molecule has 2 aromatic heterocycles. The molecule has 3 N–H and O–H groups in total. The van der Waals surface area contributed by atoms with Crippen LogP contribution in [0.5, 0.6) is 0 Å². The highest BCUT2D eigenvalue weighted by Crippen LogP contribution is 2.31. The SMILES string of the molecule is C[C@H](c1ccc(C(F)(F)F)cc1)N(C)C(=O)C(=O)Nc1cnc(N)c2c1cnn2C. The van der Waals surface area contributed by atoms with Gasteiger partial charge in [-0.05, 0) is 24.6 Å². The molecule has 0 aliphatic carbocycles. The zero-order chi connectivity index (χ0) is 22.2. The zero-order valence-corrected chi connectivity index (χ0v) is 16.4. The molecule has 0 spiro atoms. The Morgan fingerprint density at radius 2 is 1.83 bits per heavy atom. The molecule has 2 amide bonds. The maximum absolute atomic E-state index is 12.7. The molecule has 0 radical (unpaired) electrons. The second-order valence-corrected chi connectivity index (χ2v) is 6.75. The normalized spacial score (nSPS) is 12.6. The molecule has 1 atom stereocenters. The molecule has 0 saturated heterocycles. The van der Waals surface area contributed by atoms with Gasteiger partial charge in [-0.25, -0.2) is 4.98 Å². The van der Waals surface area contributed by atoms with Crippen molar-refractivity contribution >= 4 is 34.2 Å². The molecular weight excluding hydrogens is 401 g/mol. The van der Waals surface area contributed by atoms with Crippen LogP contribution in [0, 0.1) is 0 Å². The third-order valence-electron chi connectivity index (χ3n) is 4.87. The lowest BCUT2D eigenvalue weighted by Gasteiger charge is -2.25. The second kappa shape index (κ2) is 7.65. The van der Waals surface area contributed by atoms with Crippen molar-refractivity contribution in [3.63, 3.8) is 0 Å². The summed E-state index contributed by atoms with van der Waals surface area (Å²) in [5.74, 6) is -1.56. The molecule has 0 fully saturated rings. The number of likely N-dealkylation sites (N-methyl/N-ethyl adjacent to an activating group) is 1. The Labute approximate surface area is 169 Å². The smallest absolute Gasteiger partial charge is 0.382 e. The van der Waals surface area contributed by atoms with Gasteiger partial charge in [0.05, 0.1) is 29.7 Å². The first kappa shape index (κ1) is 21.1. The van der Waals surface area contributed by atoms with Crippen molar-refractivity contribution < 1.29 is 22.8 Å². The number of pyridine rings is 1. The third-order valence-corrected chi connectivity index (χ3v) is 4.87. The largest absolute Gasteiger partial charge is 0.416 e. The average molecular weight is 420 g/mol. The van der Waals surface area contributed by atoms with Gasteiger partial charge in [0.2, 0.25) is 0 Å². The molecule has 1 aromatic carbocycles. The van der Waals surface area contributed by atoms with Crippen LogP contribution in [-0.4, -0.2) is 38.5 Å². The first-order chi connectivity index (χ1) is 14.0. The number of benzene rings is 1. The number of hydrogen-bond donors (Lipinski definition) is 2. The minimum atomic E-state index is -4.45. The standard InChI is InChI=1S/C19H19F3N6O2/c1-10(11-4-6-12(7-5-11)19(20,21)22)27(2)18(30)17(29)26-14-9-24-16(23)15-13(14)8-25-28(15)3/h4-10H,1-3H3,(H2,23,24)(H,26,29)/t10-/m1/s1. The fourth-order valence-corrected chi connectivity index (χ4v) is 2.99. The highest BCUT2D eigenvalue weighted by Gasteiger charge is 2.31. The molecule has 0 aliphatic heterocycles. The summed E-state index contributed by atoms with van der Waals surface area (Å²) in [6, 6.07) is 3.79. The number of halogens is 3. The summed E-state index contributed by atoms with van der Waals surface area (Å²) >= 11 is 0. The fraction of sp³-hybridized carbons (Fsp3) is 0.263. The van der Waals surface area contributed by atoms with Gasteiger partial charge >= 0.3 is 18.0 Å². The number of anilines is 2. The van der Waals surface area contributed by atoms with Crippen molar-refractivity contribution in [2.75, 3.05) is 18.1 Å². The van der Waals surface area contributed by atoms with Crippen molar-refractivity contribution in [1.29, 1.82) is 0 Å². The monoisotopic (exact) mass is 420 g/mol. The van der Waals surface area contributed by atoms with Gasteiger partial charge in [-0.3, -0.25) is 14.3 Å². The second-order valence-electron chi connectivity index (χ2n) is 6.75. The van der Waals surface area contributed by atoms with Crippen LogP contribution >= 0.6 is 0 Å². The zero-order valence-electron chi connectivity index (χ0n) is 16.4. The van der Waals surface area contributed by atoms with Crippen LogP contribution in [0.2, 0.25) is 0 Å². The molecule has 0 saturated carbocycles. The van der Waals surface area contributed by atoms with E-state index < -0.39 is 29.6 Å². The first-order valence-corrected chi connectivity index (χ1v) is 8.82. The number of nitrogens with zero attached hydrogens (tertiary/aromatic N) is 4. The van der Waals surface area contributed by atoms with Gasteiger partial charge in [0.25, 0.3) is 0 Å². The number of nitrogens with one attached hydrogen (secondary N) is 1. The van der Waals surface area contributed by atoms with Crippen molar-refractivity contribution in [1.82, 2.24) is 19.7 Å². The molecule has 11 heteroatoms. The maximum atomic E-state index is 12.7. The topological polar surface area (TPSA) is 106 Å². The highest BCUT2D eigenvalue weighted by atomic mass is 19.4. The number of alkyl halides is 3. The van der Waals surface area contributed by atoms with Gasteiger partial charge in [0, 0.05) is 19.5 Å². The van der Waals surface area contributed by atoms with Gasteiger partial charge in [0.15, 0.2) is 0 Å². The number of carbonyl (C=O) groups is 2. The number of carbonyl (C=O) groups excluding carboxylic acids is 2. The summed E-state index contributed by atoms with van der Waals surface area (Å²) in [5.41, 5.74) is 6.26. The lowest BCUT2D eigenvalue weighted by atomic mass is 10.0. The minimum absolute atomic E-state index is 0.224. The van der Waals surface area contributed by atoms with E-state index in [1.165, 1.54) is 36.3 Å². The number of nitrogens with two attached hydrogens (primary N) is 1. The van der Waals surface area contributed by atoms with E-state index in [1.807, 2.05) is 0 Å². The van der Waals surface area contributed by atoms with E-state index in [4.69, 9.17) is 5.73 Å². The van der Waals surface area contributed by atoms with Gasteiger partial charge in [-0.15, -0.1) is 0 Å². The van der Waals surface area contributed by atoms with Crippen LogP contribution in [-0.2, 0) is 22.8 Å². The Kier molecular flexibility index (Phi) is 5.38. The van der Waals surface area contributed by atoms with Gasteiger partial charge in [-0.2, -0.15) is 18.3 Å². The number of fused-ring (bicyclic) bond motifs is 1. The molecule has 3 rings (SSSR count). The number of rotatable bonds is 3. The lowest BCUT2D eigenvalue weighted by molar-refractivity contribution is -0.143. The quantitative estimate of drug-likeness (QED) is 0.634. The molecule has 0 aliphatic rings. The predicted molar refractivity (Wildman–Crippen MR) is 104 cm³/mol. The van der Waals surface area contributed by atoms with E-state index in [-0.39, 0.29) is 11.5 Å². The van der Waals surface area contributed by atoms with Gasteiger partial charge in [0.1, 0.15) is 11.3 Å². The minimum Gasteiger partial charge on any atom is -0.382 e. The van der Waals surface area contributed by atoms with Crippen LogP contribution in [0.1, 0.15) is 24.1 Å². The summed E-state index contributed by atoms with van der Waals surface area (Å²) in [7, 11) is 3.06. The fourth-order valence-electron chi connectivity index (χ4n) is 2.99. The maximum Gasteiger partial charge on any atom is 0.416 e. The Balaban J connectivity index is 1.76. The molecule has 8 nitrogen and oxygen atoms in total. The van der Waals surface area contributed by atoms with Crippen LogP contribution in [0.4, 0.5) is 24.7 Å². The Morgan fingerprint density at radius 1 is 1.20 bits per heavy atom. The Hall–Kier alpha value is -3.63. The Morgan fingerprint density at radius 3 is 2.43 bits per heavy atom. The average Bonchev–Trinajstić information content (AvgIpc) is 3.10. The molecule has 3 aromatic rings. The summed E-state index contributed by atoms with van der Waals surface area (Å²) in [6.07, 6.45) is -1.64. The Bertz CT molecular complexity index is 1110. The lowest BCUT2D eigenvalue weighted by Crippen LogP contribution is -2.38. The first-order valence-electron chi connectivity index (χ1n) is 8.82. The summed E-state index contributed by atoms with van der Waals surface area (Å²) in [6.45, 7) is 1.61. The number of aryl methyl sites for hydroxylation is 1. The van der Waals surface area contributed by atoms with E-state index in [0.29, 0.717) is 16.5 Å².